The smallest absolute Gasteiger partial charge is 0.395 e. The van der Waals surface area contributed by atoms with Gasteiger partial charge in [0.2, 0.25) is 0 Å². The number of nitrogens with zero attached hydrogens (tertiary/aromatic N) is 1. The molecule has 0 unspecified atom stereocenters. The number of alkyl halides is 2. The first-order chi connectivity index (χ1) is 7.89. The quantitative estimate of drug-likeness (QED) is 0.814. The van der Waals surface area contributed by atoms with E-state index in [0.717, 1.165) is 0 Å². The molecule has 0 saturated carbocycles. The molecule has 5 heteroatoms. The second kappa shape index (κ2) is 4.14. The van der Waals surface area contributed by atoms with Crippen molar-refractivity contribution in [2.24, 2.45) is 0 Å². The fourth-order valence-electron chi connectivity index (χ4n) is 1.60. The van der Waals surface area contributed by atoms with Crippen LogP contribution in [0, 0.1) is 0 Å². The summed E-state index contributed by atoms with van der Waals surface area (Å²) in [5, 5.41) is 0. The van der Waals surface area contributed by atoms with E-state index in [-0.39, 0.29) is 11.5 Å². The number of para-hydroxylation sites is 1. The summed E-state index contributed by atoms with van der Waals surface area (Å²) in [6.07, 6.45) is -3.55. The highest BCUT2D eigenvalue weighted by molar-refractivity contribution is 5.48. The highest BCUT2D eigenvalue weighted by Gasteiger charge is 2.44. The molecule has 0 atom stereocenters. The average Bonchev–Trinajstić information content (AvgIpc) is 2.53. The zero-order chi connectivity index (χ0) is 12.6. The van der Waals surface area contributed by atoms with Crippen LogP contribution in [0.25, 0.3) is 0 Å². The molecule has 0 aliphatic carbocycles. The fraction of sp³-hybridized carbons (Fsp3) is 0.500. The third kappa shape index (κ3) is 2.49. The van der Waals surface area contributed by atoms with E-state index in [4.69, 9.17) is 0 Å². The van der Waals surface area contributed by atoms with Crippen molar-refractivity contribution in [1.82, 2.24) is 4.90 Å². The maximum atomic E-state index is 13.0. The third-order valence-corrected chi connectivity index (χ3v) is 2.81. The molecule has 1 aromatic rings. The highest BCUT2D eigenvalue weighted by atomic mass is 19.3. The fourth-order valence-corrected chi connectivity index (χ4v) is 1.60. The molecule has 0 fully saturated rings. The van der Waals surface area contributed by atoms with Gasteiger partial charge in [0.25, 0.3) is 0 Å². The van der Waals surface area contributed by atoms with E-state index in [9.17, 15) is 8.78 Å². The molecular weight excluding hydrogens is 228 g/mol. The SMILES string of the molecule is CC(C)N(C)Cc1cccc2c1OC(F)(F)O2. The Labute approximate surface area is 98.9 Å². The van der Waals surface area contributed by atoms with Gasteiger partial charge in [0.05, 0.1) is 0 Å². The van der Waals surface area contributed by atoms with Crippen LogP contribution in [-0.4, -0.2) is 24.3 Å². The monoisotopic (exact) mass is 243 g/mol. The van der Waals surface area contributed by atoms with E-state index < -0.39 is 6.29 Å². The lowest BCUT2D eigenvalue weighted by Gasteiger charge is -2.21. The Morgan fingerprint density at radius 1 is 1.29 bits per heavy atom. The summed E-state index contributed by atoms with van der Waals surface area (Å²) in [7, 11) is 1.93. The van der Waals surface area contributed by atoms with Gasteiger partial charge in [0.15, 0.2) is 11.5 Å². The van der Waals surface area contributed by atoms with Gasteiger partial charge < -0.3 is 9.47 Å². The van der Waals surface area contributed by atoms with Crippen molar-refractivity contribution in [1.29, 1.82) is 0 Å². The summed E-state index contributed by atoms with van der Waals surface area (Å²) in [5.41, 5.74) is 0.705. The third-order valence-electron chi connectivity index (χ3n) is 2.81. The minimum atomic E-state index is -3.55. The predicted molar refractivity (Wildman–Crippen MR) is 59.2 cm³/mol. The van der Waals surface area contributed by atoms with Crippen LogP contribution < -0.4 is 9.47 Å². The average molecular weight is 243 g/mol. The van der Waals surface area contributed by atoms with Gasteiger partial charge in [-0.05, 0) is 27.0 Å². The molecule has 17 heavy (non-hydrogen) atoms. The first-order valence-electron chi connectivity index (χ1n) is 5.47. The molecule has 3 nitrogen and oxygen atoms in total. The van der Waals surface area contributed by atoms with Crippen molar-refractivity contribution < 1.29 is 18.3 Å². The molecule has 1 aliphatic rings. The summed E-state index contributed by atoms with van der Waals surface area (Å²) >= 11 is 0. The normalized spacial score (nSPS) is 16.9. The highest BCUT2D eigenvalue weighted by Crippen LogP contribution is 2.43. The van der Waals surface area contributed by atoms with Gasteiger partial charge in [0, 0.05) is 18.2 Å². The Morgan fingerprint density at radius 2 is 2.00 bits per heavy atom. The van der Waals surface area contributed by atoms with Crippen LogP contribution in [0.2, 0.25) is 0 Å². The molecule has 1 aromatic carbocycles. The first kappa shape index (κ1) is 12.1. The van der Waals surface area contributed by atoms with Gasteiger partial charge in [-0.1, -0.05) is 12.1 Å². The van der Waals surface area contributed by atoms with Gasteiger partial charge in [-0.15, -0.1) is 8.78 Å². The lowest BCUT2D eigenvalue weighted by Crippen LogP contribution is -2.27. The van der Waals surface area contributed by atoms with Crippen molar-refractivity contribution in [3.8, 4) is 11.5 Å². The number of hydrogen-bond donors (Lipinski definition) is 0. The second-order valence-electron chi connectivity index (χ2n) is 4.42. The number of benzene rings is 1. The Bertz CT molecular complexity index is 421. The predicted octanol–water partition coefficient (Wildman–Crippen LogP) is 2.85. The summed E-state index contributed by atoms with van der Waals surface area (Å²) in [4.78, 5) is 2.04. The molecule has 0 spiro atoms. The van der Waals surface area contributed by atoms with Crippen LogP contribution in [0.5, 0.6) is 11.5 Å². The van der Waals surface area contributed by atoms with E-state index in [1.54, 1.807) is 12.1 Å². The number of fused-ring (bicyclic) bond motifs is 1. The van der Waals surface area contributed by atoms with Gasteiger partial charge in [-0.3, -0.25) is 4.90 Å². The van der Waals surface area contributed by atoms with E-state index in [0.29, 0.717) is 18.2 Å². The summed E-state index contributed by atoms with van der Waals surface area (Å²) in [6, 6.07) is 5.26. The summed E-state index contributed by atoms with van der Waals surface area (Å²) in [6.45, 7) is 4.62. The van der Waals surface area contributed by atoms with Crippen molar-refractivity contribution in [2.45, 2.75) is 32.7 Å². The Morgan fingerprint density at radius 3 is 2.65 bits per heavy atom. The van der Waals surface area contributed by atoms with Crippen LogP contribution in [0.15, 0.2) is 18.2 Å². The van der Waals surface area contributed by atoms with Crippen molar-refractivity contribution >= 4 is 0 Å². The van der Waals surface area contributed by atoms with E-state index in [1.165, 1.54) is 6.07 Å². The van der Waals surface area contributed by atoms with Crippen LogP contribution in [0.3, 0.4) is 0 Å². The maximum Gasteiger partial charge on any atom is 0.586 e. The standard InChI is InChI=1S/C12H15F2NO2/c1-8(2)15(3)7-9-5-4-6-10-11(9)17-12(13,14)16-10/h4-6,8H,7H2,1-3H3. The lowest BCUT2D eigenvalue weighted by atomic mass is 10.1. The first-order valence-corrected chi connectivity index (χ1v) is 5.47. The van der Waals surface area contributed by atoms with Crippen LogP contribution in [-0.2, 0) is 6.54 Å². The molecule has 0 aromatic heterocycles. The molecule has 0 saturated heterocycles. The van der Waals surface area contributed by atoms with Gasteiger partial charge in [-0.25, -0.2) is 0 Å². The molecule has 2 rings (SSSR count). The van der Waals surface area contributed by atoms with Crippen LogP contribution >= 0.6 is 0 Å². The minimum Gasteiger partial charge on any atom is -0.395 e. The molecule has 1 aliphatic heterocycles. The molecule has 0 bridgehead atoms. The lowest BCUT2D eigenvalue weighted by molar-refractivity contribution is -0.287. The Hall–Kier alpha value is -1.36. The zero-order valence-corrected chi connectivity index (χ0v) is 10.0. The largest absolute Gasteiger partial charge is 0.586 e. The topological polar surface area (TPSA) is 21.7 Å². The number of hydrogen-bond acceptors (Lipinski definition) is 3. The number of ether oxygens (including phenoxy) is 2. The summed E-state index contributed by atoms with van der Waals surface area (Å²) in [5.74, 6) is 0.245. The van der Waals surface area contributed by atoms with Crippen molar-refractivity contribution in [2.75, 3.05) is 7.05 Å². The maximum absolute atomic E-state index is 13.0. The molecule has 0 amide bonds. The Kier molecular flexibility index (Phi) is 2.95. The van der Waals surface area contributed by atoms with E-state index >= 15 is 0 Å². The van der Waals surface area contributed by atoms with Crippen molar-refractivity contribution in [3.05, 3.63) is 23.8 Å². The molecule has 0 radical (unpaired) electrons. The van der Waals surface area contributed by atoms with Gasteiger partial charge in [-0.2, -0.15) is 0 Å². The van der Waals surface area contributed by atoms with Crippen molar-refractivity contribution in [3.63, 3.8) is 0 Å². The van der Waals surface area contributed by atoms with Crippen LogP contribution in [0.4, 0.5) is 8.78 Å². The number of halogens is 2. The Balaban J connectivity index is 2.24. The van der Waals surface area contributed by atoms with Gasteiger partial charge >= 0.3 is 6.29 Å². The zero-order valence-electron chi connectivity index (χ0n) is 10.0. The molecule has 1 heterocycles. The van der Waals surface area contributed by atoms with Gasteiger partial charge in [0.1, 0.15) is 0 Å². The summed E-state index contributed by atoms with van der Waals surface area (Å²) < 4.78 is 34.8. The van der Waals surface area contributed by atoms with E-state index in [2.05, 4.69) is 9.47 Å². The second-order valence-corrected chi connectivity index (χ2v) is 4.42. The van der Waals surface area contributed by atoms with Crippen LogP contribution in [0.1, 0.15) is 19.4 Å². The molecule has 0 N–H and O–H groups in total. The van der Waals surface area contributed by atoms with E-state index in [1.807, 2.05) is 25.8 Å². The molecular formula is C12H15F2NO2. The molecule has 94 valence electrons. The minimum absolute atomic E-state index is 0.102. The number of rotatable bonds is 3.